The minimum absolute atomic E-state index is 0.138. The number of hydrogen-bond donors (Lipinski definition) is 2. The van der Waals surface area contributed by atoms with Crippen molar-refractivity contribution >= 4 is 9.84 Å². The number of nitrogens with zero attached hydrogens (tertiary/aromatic N) is 1. The van der Waals surface area contributed by atoms with Gasteiger partial charge in [-0.1, -0.05) is 12.1 Å². The van der Waals surface area contributed by atoms with Crippen LogP contribution in [0.2, 0.25) is 0 Å². The molecule has 22 heavy (non-hydrogen) atoms. The first-order valence-corrected chi connectivity index (χ1v) is 9.24. The van der Waals surface area contributed by atoms with Gasteiger partial charge in [-0.25, -0.2) is 8.42 Å². The second-order valence-electron chi connectivity index (χ2n) is 5.77. The number of rotatable bonds is 6. The molecule has 1 aromatic rings. The molecule has 1 saturated heterocycles. The van der Waals surface area contributed by atoms with Crippen LogP contribution in [0.4, 0.5) is 0 Å². The lowest BCUT2D eigenvalue weighted by atomic mass is 10.1. The third-order valence-electron chi connectivity index (χ3n) is 3.74. The monoisotopic (exact) mass is 328 g/mol. The third-order valence-corrected chi connectivity index (χ3v) is 4.87. The summed E-state index contributed by atoms with van der Waals surface area (Å²) in [6.07, 6.45) is 0.634. The first kappa shape index (κ1) is 17.4. The van der Waals surface area contributed by atoms with Gasteiger partial charge in [0.15, 0.2) is 9.84 Å². The van der Waals surface area contributed by atoms with Crippen LogP contribution in [-0.2, 0) is 14.6 Å². The second-order valence-corrected chi connectivity index (χ2v) is 7.79. The first-order valence-electron chi connectivity index (χ1n) is 7.35. The highest BCUT2D eigenvalue weighted by Gasteiger charge is 2.18. The normalized spacial score (nSPS) is 21.7. The Morgan fingerprint density at radius 2 is 2.09 bits per heavy atom. The van der Waals surface area contributed by atoms with Gasteiger partial charge in [-0.2, -0.15) is 0 Å². The fourth-order valence-corrected chi connectivity index (χ4v) is 3.06. The van der Waals surface area contributed by atoms with E-state index in [2.05, 4.69) is 17.3 Å². The Labute approximate surface area is 132 Å². The fourth-order valence-electron chi connectivity index (χ4n) is 2.43. The number of aliphatic hydroxyl groups excluding tert-OH is 1. The Morgan fingerprint density at radius 1 is 1.41 bits per heavy atom. The Morgan fingerprint density at radius 3 is 2.68 bits per heavy atom. The summed E-state index contributed by atoms with van der Waals surface area (Å²) >= 11 is 0. The van der Waals surface area contributed by atoms with Gasteiger partial charge in [0.05, 0.1) is 23.7 Å². The zero-order chi connectivity index (χ0) is 16.2. The molecule has 0 radical (unpaired) electrons. The number of hydrogen-bond acceptors (Lipinski definition) is 6. The molecule has 1 fully saturated rings. The molecule has 0 spiro atoms. The maximum absolute atomic E-state index is 11.4. The molecule has 6 nitrogen and oxygen atoms in total. The van der Waals surface area contributed by atoms with Crippen molar-refractivity contribution in [3.8, 4) is 0 Å². The molecule has 0 aliphatic carbocycles. The van der Waals surface area contributed by atoms with Crippen LogP contribution in [0.5, 0.6) is 0 Å². The number of benzene rings is 1. The van der Waals surface area contributed by atoms with Gasteiger partial charge in [-0.15, -0.1) is 0 Å². The summed E-state index contributed by atoms with van der Waals surface area (Å²) in [4.78, 5) is 2.48. The molecule has 0 unspecified atom stereocenters. The van der Waals surface area contributed by atoms with Crippen LogP contribution < -0.4 is 5.32 Å². The summed E-state index contributed by atoms with van der Waals surface area (Å²) in [6.45, 7) is 3.65. The summed E-state index contributed by atoms with van der Waals surface area (Å²) in [7, 11) is -1.14. The van der Waals surface area contributed by atoms with Crippen LogP contribution in [0.25, 0.3) is 0 Å². The van der Waals surface area contributed by atoms with Gasteiger partial charge < -0.3 is 20.1 Å². The van der Waals surface area contributed by atoms with Crippen molar-refractivity contribution in [2.45, 2.75) is 17.1 Å². The predicted molar refractivity (Wildman–Crippen MR) is 84.6 cm³/mol. The number of nitrogens with one attached hydrogen (secondary N) is 1. The minimum atomic E-state index is -3.20. The average molecular weight is 328 g/mol. The van der Waals surface area contributed by atoms with Crippen molar-refractivity contribution in [1.29, 1.82) is 0 Å². The summed E-state index contributed by atoms with van der Waals surface area (Å²) in [5.74, 6) is 0. The van der Waals surface area contributed by atoms with E-state index in [1.54, 1.807) is 12.1 Å². The average Bonchev–Trinajstić information content (AvgIpc) is 2.46. The maximum atomic E-state index is 11.4. The Kier molecular flexibility index (Phi) is 5.94. The molecule has 2 N–H and O–H groups in total. The number of aliphatic hydroxyl groups is 1. The molecule has 7 heteroatoms. The van der Waals surface area contributed by atoms with Gasteiger partial charge in [0.1, 0.15) is 0 Å². The van der Waals surface area contributed by atoms with Gasteiger partial charge in [0.2, 0.25) is 0 Å². The molecule has 1 aliphatic heterocycles. The van der Waals surface area contributed by atoms with Gasteiger partial charge in [-0.05, 0) is 24.7 Å². The van der Waals surface area contributed by atoms with Gasteiger partial charge in [0, 0.05) is 32.4 Å². The van der Waals surface area contributed by atoms with E-state index in [4.69, 9.17) is 4.74 Å². The lowest BCUT2D eigenvalue weighted by Crippen LogP contribution is -2.45. The highest BCUT2D eigenvalue weighted by Crippen LogP contribution is 2.16. The van der Waals surface area contributed by atoms with E-state index in [1.165, 1.54) is 18.4 Å². The molecule has 124 valence electrons. The molecule has 2 atom stereocenters. The number of morpholine rings is 1. The van der Waals surface area contributed by atoms with Crippen LogP contribution in [0.1, 0.15) is 11.7 Å². The van der Waals surface area contributed by atoms with E-state index < -0.39 is 15.9 Å². The topological polar surface area (TPSA) is 78.9 Å². The second kappa shape index (κ2) is 7.52. The van der Waals surface area contributed by atoms with Gasteiger partial charge in [-0.3, -0.25) is 0 Å². The van der Waals surface area contributed by atoms with Crippen molar-refractivity contribution in [3.05, 3.63) is 29.8 Å². The summed E-state index contributed by atoms with van der Waals surface area (Å²) < 4.78 is 28.4. The first-order chi connectivity index (χ1) is 10.4. The molecule has 0 aromatic heterocycles. The Bertz CT molecular complexity index is 574. The van der Waals surface area contributed by atoms with E-state index in [0.717, 1.165) is 19.7 Å². The van der Waals surface area contributed by atoms with Crippen LogP contribution in [-0.4, -0.2) is 70.6 Å². The van der Waals surface area contributed by atoms with Crippen LogP contribution in [0, 0.1) is 0 Å². The van der Waals surface area contributed by atoms with E-state index >= 15 is 0 Å². The molecule has 1 aromatic carbocycles. The van der Waals surface area contributed by atoms with Gasteiger partial charge >= 0.3 is 0 Å². The highest BCUT2D eigenvalue weighted by molar-refractivity contribution is 7.90. The van der Waals surface area contributed by atoms with E-state index in [0.29, 0.717) is 18.7 Å². The van der Waals surface area contributed by atoms with Gasteiger partial charge in [0.25, 0.3) is 0 Å². The number of ether oxygens (including phenoxy) is 1. The number of likely N-dealkylation sites (N-methyl/N-ethyl adjacent to an activating group) is 1. The molecule has 1 aliphatic rings. The summed E-state index contributed by atoms with van der Waals surface area (Å²) in [6, 6.07) is 6.33. The zero-order valence-electron chi connectivity index (χ0n) is 13.0. The Balaban J connectivity index is 1.80. The van der Waals surface area contributed by atoms with Crippen LogP contribution in [0.3, 0.4) is 0 Å². The van der Waals surface area contributed by atoms with Crippen molar-refractivity contribution in [2.24, 2.45) is 0 Å². The summed E-state index contributed by atoms with van der Waals surface area (Å²) in [5, 5.41) is 13.3. The molecular formula is C15H24N2O4S. The van der Waals surface area contributed by atoms with Crippen molar-refractivity contribution in [1.82, 2.24) is 10.2 Å². The van der Waals surface area contributed by atoms with Crippen molar-refractivity contribution in [2.75, 3.05) is 46.1 Å². The molecule has 0 amide bonds. The fraction of sp³-hybridized carbons (Fsp3) is 0.600. The predicted octanol–water partition coefficient (Wildman–Crippen LogP) is 0.0437. The van der Waals surface area contributed by atoms with E-state index in [9.17, 15) is 13.5 Å². The minimum Gasteiger partial charge on any atom is -0.387 e. The summed E-state index contributed by atoms with van der Waals surface area (Å²) in [5.41, 5.74) is 0.696. The molecule has 2 rings (SSSR count). The maximum Gasteiger partial charge on any atom is 0.175 e. The van der Waals surface area contributed by atoms with E-state index in [-0.39, 0.29) is 11.0 Å². The molecule has 1 heterocycles. The van der Waals surface area contributed by atoms with Crippen LogP contribution >= 0.6 is 0 Å². The van der Waals surface area contributed by atoms with Crippen LogP contribution in [0.15, 0.2) is 29.2 Å². The SMILES string of the molecule is CN1CCO[C@H](CNC[C@@H](O)c2ccc(S(C)(=O)=O)cc2)C1. The van der Waals surface area contributed by atoms with E-state index in [1.807, 2.05) is 0 Å². The highest BCUT2D eigenvalue weighted by atomic mass is 32.2. The molecular weight excluding hydrogens is 304 g/mol. The van der Waals surface area contributed by atoms with Crippen molar-refractivity contribution < 1.29 is 18.3 Å². The Hall–Kier alpha value is -0.990. The number of sulfone groups is 1. The smallest absolute Gasteiger partial charge is 0.175 e. The third kappa shape index (κ3) is 5.03. The largest absolute Gasteiger partial charge is 0.387 e. The zero-order valence-corrected chi connectivity index (χ0v) is 13.8. The molecule has 0 saturated carbocycles. The lowest BCUT2D eigenvalue weighted by Gasteiger charge is -2.30. The molecule has 0 bridgehead atoms. The lowest BCUT2D eigenvalue weighted by molar-refractivity contribution is -0.0191. The standard InChI is InChI=1S/C15H24N2O4S/c1-17-7-8-21-13(11-17)9-16-10-15(18)12-3-5-14(6-4-12)22(2,19)20/h3-6,13,15-16,18H,7-11H2,1-2H3/t13-,15-/m1/s1. The van der Waals surface area contributed by atoms with Crippen molar-refractivity contribution in [3.63, 3.8) is 0 Å². The quantitative estimate of drug-likeness (QED) is 0.768.